The average molecular weight is 392 g/mol. The summed E-state index contributed by atoms with van der Waals surface area (Å²) in [7, 11) is 0. The third-order valence-electron chi connectivity index (χ3n) is 4.34. The number of amides is 1. The summed E-state index contributed by atoms with van der Waals surface area (Å²) in [6.45, 7) is 1.90. The molecule has 0 saturated carbocycles. The predicted molar refractivity (Wildman–Crippen MR) is 112 cm³/mol. The van der Waals surface area contributed by atoms with Gasteiger partial charge in [0, 0.05) is 16.3 Å². The molecule has 28 heavy (non-hydrogen) atoms. The summed E-state index contributed by atoms with van der Waals surface area (Å²) in [4.78, 5) is 20.0. The molecule has 0 aliphatic heterocycles. The minimum Gasteiger partial charge on any atom is -0.483 e. The highest BCUT2D eigenvalue weighted by atomic mass is 35.5. The molecule has 140 valence electrons. The number of benzene rings is 3. The fourth-order valence-electron chi connectivity index (χ4n) is 2.89. The zero-order valence-electron chi connectivity index (χ0n) is 15.2. The summed E-state index contributed by atoms with van der Waals surface area (Å²) >= 11 is 6.02. The highest BCUT2D eigenvalue weighted by molar-refractivity contribution is 6.31. The second kappa shape index (κ2) is 7.74. The molecule has 5 nitrogen and oxygen atoms in total. The molecule has 3 aromatic carbocycles. The minimum atomic E-state index is -0.214. The zero-order chi connectivity index (χ0) is 19.5. The van der Waals surface area contributed by atoms with Gasteiger partial charge in [0.1, 0.15) is 11.6 Å². The molecule has 0 aliphatic carbocycles. The van der Waals surface area contributed by atoms with Crippen molar-refractivity contribution in [1.82, 2.24) is 9.97 Å². The third kappa shape index (κ3) is 4.00. The van der Waals surface area contributed by atoms with Crippen molar-refractivity contribution in [1.29, 1.82) is 0 Å². The van der Waals surface area contributed by atoms with Crippen molar-refractivity contribution in [3.63, 3.8) is 0 Å². The number of para-hydroxylation sites is 1. The number of ether oxygens (including phenoxy) is 1. The Morgan fingerprint density at radius 2 is 1.89 bits per heavy atom. The molecular formula is C22H18ClN3O2. The fraction of sp³-hybridized carbons (Fsp3) is 0.0909. The van der Waals surface area contributed by atoms with Gasteiger partial charge in [0.2, 0.25) is 0 Å². The summed E-state index contributed by atoms with van der Waals surface area (Å²) in [5, 5.41) is 3.49. The average Bonchev–Trinajstić information content (AvgIpc) is 3.11. The smallest absolute Gasteiger partial charge is 0.262 e. The van der Waals surface area contributed by atoms with Gasteiger partial charge in [-0.25, -0.2) is 4.98 Å². The summed E-state index contributed by atoms with van der Waals surface area (Å²) < 4.78 is 5.57. The normalized spacial score (nSPS) is 10.8. The number of nitrogens with zero attached hydrogens (tertiary/aromatic N) is 1. The molecule has 0 radical (unpaired) electrons. The number of rotatable bonds is 5. The van der Waals surface area contributed by atoms with Crippen molar-refractivity contribution in [3.8, 4) is 17.1 Å². The van der Waals surface area contributed by atoms with E-state index in [2.05, 4.69) is 15.3 Å². The Bertz CT molecular complexity index is 1140. The Hall–Kier alpha value is -3.31. The van der Waals surface area contributed by atoms with Crippen molar-refractivity contribution in [2.24, 2.45) is 0 Å². The number of nitrogens with one attached hydrogen (secondary N) is 2. The van der Waals surface area contributed by atoms with E-state index in [1.165, 1.54) is 0 Å². The zero-order valence-corrected chi connectivity index (χ0v) is 16.0. The molecule has 4 rings (SSSR count). The van der Waals surface area contributed by atoms with Crippen LogP contribution in [-0.4, -0.2) is 22.5 Å². The van der Waals surface area contributed by atoms with Gasteiger partial charge in [0.25, 0.3) is 5.91 Å². The number of aromatic nitrogens is 2. The van der Waals surface area contributed by atoms with Crippen LogP contribution in [0.2, 0.25) is 5.02 Å². The maximum Gasteiger partial charge on any atom is 0.262 e. The number of anilines is 1. The second-order valence-corrected chi connectivity index (χ2v) is 6.86. The van der Waals surface area contributed by atoms with Crippen molar-refractivity contribution in [2.45, 2.75) is 6.92 Å². The molecule has 4 aromatic rings. The number of imidazole rings is 1. The van der Waals surface area contributed by atoms with Gasteiger partial charge in [-0.1, -0.05) is 29.8 Å². The first-order valence-electron chi connectivity index (χ1n) is 8.82. The number of fused-ring (bicyclic) bond motifs is 1. The van der Waals surface area contributed by atoms with E-state index in [4.69, 9.17) is 16.3 Å². The molecule has 0 saturated heterocycles. The van der Waals surface area contributed by atoms with E-state index in [9.17, 15) is 4.79 Å². The van der Waals surface area contributed by atoms with Gasteiger partial charge in [0.05, 0.1) is 11.0 Å². The van der Waals surface area contributed by atoms with Gasteiger partial charge in [-0.15, -0.1) is 0 Å². The molecule has 0 fully saturated rings. The van der Waals surface area contributed by atoms with E-state index in [0.717, 1.165) is 28.0 Å². The number of carbonyl (C=O) groups excluding carboxylic acids is 1. The van der Waals surface area contributed by atoms with E-state index in [1.54, 1.807) is 0 Å². The Morgan fingerprint density at radius 1 is 1.11 bits per heavy atom. The number of carbonyl (C=O) groups is 1. The SMILES string of the molecule is Cc1ccccc1OCC(=O)Nc1ccc(-c2nc3ccc(Cl)cc3[nH]2)cc1. The van der Waals surface area contributed by atoms with Crippen LogP contribution in [0.3, 0.4) is 0 Å². The maximum atomic E-state index is 12.1. The molecule has 0 bridgehead atoms. The topological polar surface area (TPSA) is 67.0 Å². The molecule has 6 heteroatoms. The van der Waals surface area contributed by atoms with Gasteiger partial charge < -0.3 is 15.0 Å². The Balaban J connectivity index is 1.41. The lowest BCUT2D eigenvalue weighted by molar-refractivity contribution is -0.118. The molecule has 0 aliphatic rings. The summed E-state index contributed by atoms with van der Waals surface area (Å²) in [5.74, 6) is 1.24. The number of hydrogen-bond donors (Lipinski definition) is 2. The van der Waals surface area contributed by atoms with Gasteiger partial charge in [0.15, 0.2) is 6.61 Å². The van der Waals surface area contributed by atoms with Crippen LogP contribution in [-0.2, 0) is 4.79 Å². The summed E-state index contributed by atoms with van der Waals surface area (Å²) in [6.07, 6.45) is 0. The number of H-pyrrole nitrogens is 1. The van der Waals surface area contributed by atoms with Crippen molar-refractivity contribution in [3.05, 3.63) is 77.3 Å². The van der Waals surface area contributed by atoms with Crippen molar-refractivity contribution in [2.75, 3.05) is 11.9 Å². The standard InChI is InChI=1S/C22H18ClN3O2/c1-14-4-2-3-5-20(14)28-13-21(27)24-17-9-6-15(7-10-17)22-25-18-11-8-16(23)12-19(18)26-22/h2-12H,13H2,1H3,(H,24,27)(H,25,26). The van der Waals surface area contributed by atoms with E-state index >= 15 is 0 Å². The lowest BCUT2D eigenvalue weighted by atomic mass is 10.2. The second-order valence-electron chi connectivity index (χ2n) is 6.43. The molecule has 1 heterocycles. The van der Waals surface area contributed by atoms with Gasteiger partial charge in [-0.05, 0) is 61.0 Å². The first-order chi connectivity index (χ1) is 13.6. The van der Waals surface area contributed by atoms with E-state index in [-0.39, 0.29) is 12.5 Å². The van der Waals surface area contributed by atoms with Gasteiger partial charge >= 0.3 is 0 Å². The van der Waals surface area contributed by atoms with E-state index in [0.29, 0.717) is 16.5 Å². The van der Waals surface area contributed by atoms with Crippen LogP contribution in [0.25, 0.3) is 22.4 Å². The third-order valence-corrected chi connectivity index (χ3v) is 4.57. The van der Waals surface area contributed by atoms with Crippen LogP contribution in [0.15, 0.2) is 66.7 Å². The lowest BCUT2D eigenvalue weighted by Gasteiger charge is -2.09. The van der Waals surface area contributed by atoms with Crippen molar-refractivity contribution < 1.29 is 9.53 Å². The Kier molecular flexibility index (Phi) is 5.00. The van der Waals surface area contributed by atoms with E-state index < -0.39 is 0 Å². The van der Waals surface area contributed by atoms with Crippen LogP contribution in [0.4, 0.5) is 5.69 Å². The first kappa shape index (κ1) is 18.1. The molecular weight excluding hydrogens is 374 g/mol. The number of aryl methyl sites for hydroxylation is 1. The molecule has 1 amide bonds. The fourth-order valence-corrected chi connectivity index (χ4v) is 3.06. The number of halogens is 1. The lowest BCUT2D eigenvalue weighted by Crippen LogP contribution is -2.20. The van der Waals surface area contributed by atoms with E-state index in [1.807, 2.05) is 73.7 Å². The number of aromatic amines is 1. The Labute approximate surface area is 167 Å². The molecule has 1 aromatic heterocycles. The van der Waals surface area contributed by atoms with Gasteiger partial charge in [-0.3, -0.25) is 4.79 Å². The van der Waals surface area contributed by atoms with Gasteiger partial charge in [-0.2, -0.15) is 0 Å². The van der Waals surface area contributed by atoms with Crippen LogP contribution >= 0.6 is 11.6 Å². The predicted octanol–water partition coefficient (Wildman–Crippen LogP) is 5.21. The Morgan fingerprint density at radius 3 is 2.68 bits per heavy atom. The molecule has 2 N–H and O–H groups in total. The first-order valence-corrected chi connectivity index (χ1v) is 9.20. The monoisotopic (exact) mass is 391 g/mol. The molecule has 0 atom stereocenters. The minimum absolute atomic E-state index is 0.0447. The summed E-state index contributed by atoms with van der Waals surface area (Å²) in [6, 6.07) is 20.6. The van der Waals surface area contributed by atoms with Crippen LogP contribution in [0.5, 0.6) is 5.75 Å². The summed E-state index contributed by atoms with van der Waals surface area (Å²) in [5.41, 5.74) is 4.34. The number of hydrogen-bond acceptors (Lipinski definition) is 3. The highest BCUT2D eigenvalue weighted by Gasteiger charge is 2.08. The molecule has 0 spiro atoms. The highest BCUT2D eigenvalue weighted by Crippen LogP contribution is 2.24. The molecule has 0 unspecified atom stereocenters. The largest absolute Gasteiger partial charge is 0.483 e. The maximum absolute atomic E-state index is 12.1. The van der Waals surface area contributed by atoms with Crippen molar-refractivity contribution >= 4 is 34.2 Å². The van der Waals surface area contributed by atoms with Crippen LogP contribution in [0, 0.1) is 6.92 Å². The van der Waals surface area contributed by atoms with Crippen LogP contribution in [0.1, 0.15) is 5.56 Å². The van der Waals surface area contributed by atoms with Crippen LogP contribution < -0.4 is 10.1 Å². The quantitative estimate of drug-likeness (QED) is 0.490.